The van der Waals surface area contributed by atoms with Crippen LogP contribution in [0, 0.1) is 6.92 Å². The van der Waals surface area contributed by atoms with Gasteiger partial charge in [0.15, 0.2) is 0 Å². The molecule has 0 unspecified atom stereocenters. The minimum absolute atomic E-state index is 0.587. The van der Waals surface area contributed by atoms with Crippen molar-refractivity contribution in [1.82, 2.24) is 4.98 Å². The Bertz CT molecular complexity index is 506. The second-order valence-electron chi connectivity index (χ2n) is 3.80. The minimum Gasteiger partial charge on any atom is -0.380 e. The van der Waals surface area contributed by atoms with Gasteiger partial charge in [-0.05, 0) is 30.7 Å². The summed E-state index contributed by atoms with van der Waals surface area (Å²) in [6.07, 6.45) is 3.59. The van der Waals surface area contributed by atoms with Crippen LogP contribution in [-0.2, 0) is 6.54 Å². The lowest BCUT2D eigenvalue weighted by atomic mass is 10.2. The normalized spacial score (nSPS) is 10.3. The summed E-state index contributed by atoms with van der Waals surface area (Å²) in [6.45, 7) is 2.59. The lowest BCUT2D eigenvalue weighted by Gasteiger charge is -2.09. The second kappa shape index (κ2) is 5.39. The molecule has 0 amide bonds. The number of pyridine rings is 1. The zero-order chi connectivity index (χ0) is 12.3. The SMILES string of the molecule is Cc1cncc(NCc2c(Cl)cccc2Cl)c1. The summed E-state index contributed by atoms with van der Waals surface area (Å²) in [5.74, 6) is 0. The second-order valence-corrected chi connectivity index (χ2v) is 4.62. The molecule has 0 saturated heterocycles. The molecule has 2 rings (SSSR count). The Morgan fingerprint density at radius 3 is 2.53 bits per heavy atom. The van der Waals surface area contributed by atoms with Gasteiger partial charge in [0, 0.05) is 34.5 Å². The molecule has 1 aromatic heterocycles. The van der Waals surface area contributed by atoms with Crippen LogP contribution in [0.5, 0.6) is 0 Å². The van der Waals surface area contributed by atoms with E-state index in [0.29, 0.717) is 16.6 Å². The number of anilines is 1. The fraction of sp³-hybridized carbons (Fsp3) is 0.154. The van der Waals surface area contributed by atoms with E-state index in [4.69, 9.17) is 23.2 Å². The van der Waals surface area contributed by atoms with Gasteiger partial charge >= 0.3 is 0 Å². The minimum atomic E-state index is 0.587. The molecule has 0 fully saturated rings. The first-order valence-electron chi connectivity index (χ1n) is 5.25. The highest BCUT2D eigenvalue weighted by Gasteiger charge is 2.04. The van der Waals surface area contributed by atoms with Gasteiger partial charge in [0.1, 0.15) is 0 Å². The maximum atomic E-state index is 6.09. The fourth-order valence-corrected chi connectivity index (χ4v) is 2.07. The van der Waals surface area contributed by atoms with Crippen molar-refractivity contribution in [3.63, 3.8) is 0 Å². The van der Waals surface area contributed by atoms with Gasteiger partial charge in [0.2, 0.25) is 0 Å². The smallest absolute Gasteiger partial charge is 0.0532 e. The number of nitrogens with one attached hydrogen (secondary N) is 1. The molecule has 0 atom stereocenters. The Labute approximate surface area is 111 Å². The molecule has 2 aromatic rings. The van der Waals surface area contributed by atoms with E-state index in [1.54, 1.807) is 6.20 Å². The van der Waals surface area contributed by atoms with Crippen molar-refractivity contribution in [2.75, 3.05) is 5.32 Å². The van der Waals surface area contributed by atoms with Crippen molar-refractivity contribution in [2.24, 2.45) is 0 Å². The highest BCUT2D eigenvalue weighted by Crippen LogP contribution is 2.25. The molecule has 1 N–H and O–H groups in total. The first-order valence-corrected chi connectivity index (χ1v) is 6.01. The van der Waals surface area contributed by atoms with Crippen LogP contribution in [-0.4, -0.2) is 4.98 Å². The van der Waals surface area contributed by atoms with Gasteiger partial charge in [-0.3, -0.25) is 4.98 Å². The van der Waals surface area contributed by atoms with Crippen LogP contribution >= 0.6 is 23.2 Å². The van der Waals surface area contributed by atoms with E-state index in [9.17, 15) is 0 Å². The molecule has 1 heterocycles. The number of aryl methyl sites for hydroxylation is 1. The summed E-state index contributed by atoms with van der Waals surface area (Å²) in [4.78, 5) is 4.11. The summed E-state index contributed by atoms with van der Waals surface area (Å²) >= 11 is 12.2. The van der Waals surface area contributed by atoms with Crippen molar-refractivity contribution in [3.05, 3.63) is 57.8 Å². The molecular formula is C13H12Cl2N2. The average molecular weight is 267 g/mol. The first-order chi connectivity index (χ1) is 8.16. The van der Waals surface area contributed by atoms with Crippen molar-refractivity contribution < 1.29 is 0 Å². The van der Waals surface area contributed by atoms with Gasteiger partial charge in [-0.25, -0.2) is 0 Å². The standard InChI is InChI=1S/C13H12Cl2N2/c1-9-5-10(7-16-6-9)17-8-11-12(14)3-2-4-13(11)15/h2-7,17H,8H2,1H3. The van der Waals surface area contributed by atoms with Crippen molar-refractivity contribution in [1.29, 1.82) is 0 Å². The van der Waals surface area contributed by atoms with Gasteiger partial charge in [0.25, 0.3) is 0 Å². The molecule has 0 bridgehead atoms. The fourth-order valence-electron chi connectivity index (χ4n) is 1.54. The van der Waals surface area contributed by atoms with Crippen molar-refractivity contribution >= 4 is 28.9 Å². The third kappa shape index (κ3) is 3.11. The van der Waals surface area contributed by atoms with Crippen LogP contribution in [0.4, 0.5) is 5.69 Å². The highest BCUT2D eigenvalue weighted by molar-refractivity contribution is 6.36. The molecule has 0 aliphatic carbocycles. The van der Waals surface area contributed by atoms with E-state index in [2.05, 4.69) is 10.3 Å². The van der Waals surface area contributed by atoms with E-state index >= 15 is 0 Å². The molecule has 2 nitrogen and oxygen atoms in total. The average Bonchev–Trinajstić information content (AvgIpc) is 2.28. The van der Waals surface area contributed by atoms with E-state index in [1.807, 2.05) is 37.4 Å². The van der Waals surface area contributed by atoms with E-state index in [0.717, 1.165) is 16.8 Å². The monoisotopic (exact) mass is 266 g/mol. The zero-order valence-corrected chi connectivity index (χ0v) is 10.9. The molecule has 0 saturated carbocycles. The number of halogens is 2. The highest BCUT2D eigenvalue weighted by atomic mass is 35.5. The van der Waals surface area contributed by atoms with Gasteiger partial charge in [0.05, 0.1) is 5.69 Å². The van der Waals surface area contributed by atoms with Crippen molar-refractivity contribution in [2.45, 2.75) is 13.5 Å². The molecular weight excluding hydrogens is 255 g/mol. The molecule has 0 aliphatic rings. The van der Waals surface area contributed by atoms with Crippen LogP contribution in [0.15, 0.2) is 36.7 Å². The molecule has 17 heavy (non-hydrogen) atoms. The lowest BCUT2D eigenvalue weighted by molar-refractivity contribution is 1.13. The molecule has 1 aromatic carbocycles. The van der Waals surface area contributed by atoms with Gasteiger partial charge in [-0.15, -0.1) is 0 Å². The number of rotatable bonds is 3. The lowest BCUT2D eigenvalue weighted by Crippen LogP contribution is -2.01. The Balaban J connectivity index is 2.13. The quantitative estimate of drug-likeness (QED) is 0.896. The molecule has 0 aliphatic heterocycles. The Morgan fingerprint density at radius 1 is 1.18 bits per heavy atom. The number of aromatic nitrogens is 1. The predicted octanol–water partition coefficient (Wildman–Crippen LogP) is 4.31. The molecule has 0 spiro atoms. The third-order valence-corrected chi connectivity index (χ3v) is 3.11. The van der Waals surface area contributed by atoms with Crippen LogP contribution in [0.1, 0.15) is 11.1 Å². The summed E-state index contributed by atoms with van der Waals surface area (Å²) in [7, 11) is 0. The molecule has 88 valence electrons. The number of benzene rings is 1. The topological polar surface area (TPSA) is 24.9 Å². The van der Waals surface area contributed by atoms with Crippen molar-refractivity contribution in [3.8, 4) is 0 Å². The summed E-state index contributed by atoms with van der Waals surface area (Å²) in [5.41, 5.74) is 2.97. The largest absolute Gasteiger partial charge is 0.380 e. The van der Waals surface area contributed by atoms with E-state index < -0.39 is 0 Å². The third-order valence-electron chi connectivity index (χ3n) is 2.41. The number of hydrogen-bond donors (Lipinski definition) is 1. The van der Waals surface area contributed by atoms with Crippen LogP contribution in [0.2, 0.25) is 10.0 Å². The van der Waals surface area contributed by atoms with Gasteiger partial charge in [-0.2, -0.15) is 0 Å². The Hall–Kier alpha value is -1.25. The Morgan fingerprint density at radius 2 is 1.88 bits per heavy atom. The predicted molar refractivity (Wildman–Crippen MR) is 72.8 cm³/mol. The maximum Gasteiger partial charge on any atom is 0.0532 e. The van der Waals surface area contributed by atoms with E-state index in [-0.39, 0.29) is 0 Å². The number of hydrogen-bond acceptors (Lipinski definition) is 2. The zero-order valence-electron chi connectivity index (χ0n) is 9.37. The van der Waals surface area contributed by atoms with Crippen LogP contribution in [0.3, 0.4) is 0 Å². The van der Waals surface area contributed by atoms with E-state index in [1.165, 1.54) is 0 Å². The Kier molecular flexibility index (Phi) is 3.87. The number of nitrogens with zero attached hydrogens (tertiary/aromatic N) is 1. The molecule has 4 heteroatoms. The van der Waals surface area contributed by atoms with Crippen LogP contribution in [0.25, 0.3) is 0 Å². The summed E-state index contributed by atoms with van der Waals surface area (Å²) < 4.78 is 0. The summed E-state index contributed by atoms with van der Waals surface area (Å²) in [5, 5.41) is 4.60. The van der Waals surface area contributed by atoms with Gasteiger partial charge in [-0.1, -0.05) is 29.3 Å². The maximum absolute atomic E-state index is 6.09. The van der Waals surface area contributed by atoms with Gasteiger partial charge < -0.3 is 5.32 Å². The summed E-state index contributed by atoms with van der Waals surface area (Å²) in [6, 6.07) is 7.53. The molecule has 0 radical (unpaired) electrons. The first kappa shape index (κ1) is 12.2. The van der Waals surface area contributed by atoms with Crippen LogP contribution < -0.4 is 5.32 Å².